The quantitative estimate of drug-likeness (QED) is 0.864. The molecule has 4 nitrogen and oxygen atoms in total. The van der Waals surface area contributed by atoms with Crippen molar-refractivity contribution in [3.8, 4) is 0 Å². The van der Waals surface area contributed by atoms with E-state index in [1.807, 2.05) is 11.1 Å². The number of anilines is 1. The standard InChI is InChI=1S/C14H14F3N3O/c1-9-12-8-19(6-7-20(12)18-13(9)21)11-4-2-10(3-5-11)14(15,16)17/h2-5,8-9H,6-7H2,1H3,(H,18,21). The van der Waals surface area contributed by atoms with Gasteiger partial charge in [-0.05, 0) is 31.2 Å². The van der Waals surface area contributed by atoms with E-state index in [0.717, 1.165) is 17.8 Å². The fourth-order valence-electron chi connectivity index (χ4n) is 2.51. The minimum atomic E-state index is -4.33. The largest absolute Gasteiger partial charge is 0.416 e. The Kier molecular flexibility index (Phi) is 3.07. The Labute approximate surface area is 119 Å². The van der Waals surface area contributed by atoms with Gasteiger partial charge in [0.05, 0.1) is 23.7 Å². The third-order valence-corrected chi connectivity index (χ3v) is 3.77. The molecule has 7 heteroatoms. The summed E-state index contributed by atoms with van der Waals surface area (Å²) in [6.07, 6.45) is -2.51. The lowest BCUT2D eigenvalue weighted by atomic mass is 10.1. The average Bonchev–Trinajstić information content (AvgIpc) is 2.73. The number of hydrazine groups is 1. The zero-order valence-electron chi connectivity index (χ0n) is 11.3. The van der Waals surface area contributed by atoms with E-state index < -0.39 is 11.7 Å². The topological polar surface area (TPSA) is 35.6 Å². The number of nitrogens with zero attached hydrogens (tertiary/aromatic N) is 2. The zero-order valence-corrected chi connectivity index (χ0v) is 11.3. The maximum Gasteiger partial charge on any atom is 0.416 e. The van der Waals surface area contributed by atoms with Crippen LogP contribution in [0.1, 0.15) is 12.5 Å². The van der Waals surface area contributed by atoms with E-state index in [4.69, 9.17) is 0 Å². The van der Waals surface area contributed by atoms with Gasteiger partial charge in [-0.3, -0.25) is 15.2 Å². The van der Waals surface area contributed by atoms with Crippen molar-refractivity contribution in [1.82, 2.24) is 10.4 Å². The van der Waals surface area contributed by atoms with Crippen molar-refractivity contribution in [2.75, 3.05) is 18.0 Å². The molecule has 1 amide bonds. The number of hydrogen-bond acceptors (Lipinski definition) is 3. The summed E-state index contributed by atoms with van der Waals surface area (Å²) in [4.78, 5) is 13.5. The molecule has 1 unspecified atom stereocenters. The third-order valence-electron chi connectivity index (χ3n) is 3.77. The van der Waals surface area contributed by atoms with Crippen LogP contribution in [0.15, 0.2) is 36.2 Å². The monoisotopic (exact) mass is 297 g/mol. The molecule has 0 bridgehead atoms. The van der Waals surface area contributed by atoms with E-state index in [9.17, 15) is 18.0 Å². The molecule has 3 rings (SSSR count). The van der Waals surface area contributed by atoms with Gasteiger partial charge in [0.1, 0.15) is 0 Å². The van der Waals surface area contributed by atoms with Gasteiger partial charge >= 0.3 is 6.18 Å². The molecule has 0 aromatic heterocycles. The zero-order chi connectivity index (χ0) is 15.2. The fourth-order valence-corrected chi connectivity index (χ4v) is 2.51. The highest BCUT2D eigenvalue weighted by atomic mass is 19.4. The summed E-state index contributed by atoms with van der Waals surface area (Å²) in [5, 5.41) is 1.79. The van der Waals surface area contributed by atoms with Gasteiger partial charge in [0.15, 0.2) is 0 Å². The highest BCUT2D eigenvalue weighted by Gasteiger charge is 2.35. The van der Waals surface area contributed by atoms with Crippen LogP contribution in [0.3, 0.4) is 0 Å². The molecular formula is C14H14F3N3O. The average molecular weight is 297 g/mol. The Hall–Kier alpha value is -2.18. The molecule has 1 N–H and O–H groups in total. The number of hydrogen-bond donors (Lipinski definition) is 1. The smallest absolute Gasteiger partial charge is 0.344 e. The van der Waals surface area contributed by atoms with Crippen molar-refractivity contribution >= 4 is 11.6 Å². The molecule has 2 aliphatic rings. The Balaban J connectivity index is 1.85. The molecule has 112 valence electrons. The predicted molar refractivity (Wildman–Crippen MR) is 70.9 cm³/mol. The number of carbonyl (C=O) groups is 1. The molecule has 1 fully saturated rings. The summed E-state index contributed by atoms with van der Waals surface area (Å²) in [5.41, 5.74) is 3.62. The van der Waals surface area contributed by atoms with Gasteiger partial charge in [0.25, 0.3) is 0 Å². The van der Waals surface area contributed by atoms with Gasteiger partial charge in [0.2, 0.25) is 5.91 Å². The van der Waals surface area contributed by atoms with Gasteiger partial charge in [-0.2, -0.15) is 13.2 Å². The van der Waals surface area contributed by atoms with Crippen LogP contribution in [0.4, 0.5) is 18.9 Å². The first kappa shape index (κ1) is 13.8. The third kappa shape index (κ3) is 2.43. The molecule has 0 saturated carbocycles. The van der Waals surface area contributed by atoms with E-state index in [2.05, 4.69) is 5.43 Å². The maximum atomic E-state index is 12.6. The first-order valence-corrected chi connectivity index (χ1v) is 6.60. The number of carbonyl (C=O) groups excluding carboxylic acids is 1. The number of alkyl halides is 3. The summed E-state index contributed by atoms with van der Waals surface area (Å²) < 4.78 is 37.7. The van der Waals surface area contributed by atoms with Crippen molar-refractivity contribution in [3.05, 3.63) is 41.7 Å². The summed E-state index contributed by atoms with van der Waals surface area (Å²) >= 11 is 0. The molecule has 1 atom stereocenters. The van der Waals surface area contributed by atoms with Crippen LogP contribution in [-0.2, 0) is 11.0 Å². The van der Waals surface area contributed by atoms with Crippen molar-refractivity contribution in [2.24, 2.45) is 5.92 Å². The number of nitrogens with one attached hydrogen (secondary N) is 1. The fraction of sp³-hybridized carbons (Fsp3) is 0.357. The highest BCUT2D eigenvalue weighted by Crippen LogP contribution is 2.32. The number of rotatable bonds is 1. The molecule has 1 aromatic rings. The molecule has 0 aliphatic carbocycles. The van der Waals surface area contributed by atoms with Crippen LogP contribution in [0, 0.1) is 5.92 Å². The van der Waals surface area contributed by atoms with Crippen LogP contribution >= 0.6 is 0 Å². The minimum absolute atomic E-state index is 0.0597. The van der Waals surface area contributed by atoms with E-state index in [1.165, 1.54) is 12.1 Å². The van der Waals surface area contributed by atoms with Crippen LogP contribution in [-0.4, -0.2) is 24.0 Å². The number of amides is 1. The number of benzene rings is 1. The predicted octanol–water partition coefficient (Wildman–Crippen LogP) is 2.35. The molecular weight excluding hydrogens is 283 g/mol. The second-order valence-corrected chi connectivity index (χ2v) is 5.14. The summed E-state index contributed by atoms with van der Waals surface area (Å²) in [5.74, 6) is -0.308. The second kappa shape index (κ2) is 4.68. The SMILES string of the molecule is CC1C(=O)NN2CCN(c3ccc(C(F)(F)F)cc3)C=C12. The van der Waals surface area contributed by atoms with E-state index >= 15 is 0 Å². The van der Waals surface area contributed by atoms with Gasteiger partial charge in [-0.1, -0.05) is 0 Å². The summed E-state index contributed by atoms with van der Waals surface area (Å²) in [7, 11) is 0. The Morgan fingerprint density at radius 1 is 1.19 bits per heavy atom. The van der Waals surface area contributed by atoms with Gasteiger partial charge in [-0.25, -0.2) is 0 Å². The van der Waals surface area contributed by atoms with Crippen molar-refractivity contribution in [3.63, 3.8) is 0 Å². The lowest BCUT2D eigenvalue weighted by molar-refractivity contribution is -0.137. The second-order valence-electron chi connectivity index (χ2n) is 5.14. The molecule has 1 aromatic carbocycles. The van der Waals surface area contributed by atoms with E-state index in [1.54, 1.807) is 11.9 Å². The maximum absolute atomic E-state index is 12.6. The lowest BCUT2D eigenvalue weighted by Crippen LogP contribution is -2.41. The molecule has 21 heavy (non-hydrogen) atoms. The molecule has 2 aliphatic heterocycles. The van der Waals surface area contributed by atoms with Crippen molar-refractivity contribution in [1.29, 1.82) is 0 Å². The summed E-state index contributed by atoms with van der Waals surface area (Å²) in [6, 6.07) is 5.04. The minimum Gasteiger partial charge on any atom is -0.344 e. The number of fused-ring (bicyclic) bond motifs is 1. The van der Waals surface area contributed by atoms with Crippen LogP contribution in [0.5, 0.6) is 0 Å². The Morgan fingerprint density at radius 3 is 2.48 bits per heavy atom. The molecule has 0 radical (unpaired) electrons. The normalized spacial score (nSPS) is 22.0. The van der Waals surface area contributed by atoms with E-state index in [0.29, 0.717) is 18.8 Å². The van der Waals surface area contributed by atoms with Crippen LogP contribution in [0.25, 0.3) is 0 Å². The van der Waals surface area contributed by atoms with Gasteiger partial charge in [0, 0.05) is 18.4 Å². The summed E-state index contributed by atoms with van der Waals surface area (Å²) in [6.45, 7) is 3.00. The first-order chi connectivity index (χ1) is 9.86. The highest BCUT2D eigenvalue weighted by molar-refractivity contribution is 5.83. The Bertz CT molecular complexity index is 594. The van der Waals surface area contributed by atoms with Crippen molar-refractivity contribution in [2.45, 2.75) is 13.1 Å². The first-order valence-electron chi connectivity index (χ1n) is 6.60. The number of halogens is 3. The van der Waals surface area contributed by atoms with Crippen LogP contribution in [0.2, 0.25) is 0 Å². The van der Waals surface area contributed by atoms with Crippen molar-refractivity contribution < 1.29 is 18.0 Å². The van der Waals surface area contributed by atoms with Crippen LogP contribution < -0.4 is 10.3 Å². The molecule has 2 heterocycles. The van der Waals surface area contributed by atoms with Gasteiger partial charge < -0.3 is 4.90 Å². The molecule has 1 saturated heterocycles. The lowest BCUT2D eigenvalue weighted by Gasteiger charge is -2.32. The Morgan fingerprint density at radius 2 is 1.86 bits per heavy atom. The molecule has 0 spiro atoms. The van der Waals surface area contributed by atoms with Gasteiger partial charge in [-0.15, -0.1) is 0 Å². The van der Waals surface area contributed by atoms with E-state index in [-0.39, 0.29) is 11.8 Å².